The van der Waals surface area contributed by atoms with Crippen LogP contribution in [0.4, 0.5) is 0 Å². The smallest absolute Gasteiger partial charge is 0.137 e. The molecule has 0 radical (unpaired) electrons. The van der Waals surface area contributed by atoms with Crippen LogP contribution in [0.1, 0.15) is 5.69 Å². The van der Waals surface area contributed by atoms with E-state index >= 15 is 0 Å². The monoisotopic (exact) mass is 241 g/mol. The summed E-state index contributed by atoms with van der Waals surface area (Å²) in [6.07, 6.45) is 1.71. The van der Waals surface area contributed by atoms with E-state index in [2.05, 4.69) is 9.97 Å². The molecule has 0 fully saturated rings. The summed E-state index contributed by atoms with van der Waals surface area (Å²) in [6.45, 7) is 0.439. The number of H-pyrrole nitrogens is 1. The maximum absolute atomic E-state index is 5.91. The second-order valence-electron chi connectivity index (χ2n) is 3.09. The molecule has 0 saturated heterocycles. The molecule has 0 atom stereocenters. The molecule has 1 heterocycles. The molecule has 2 rings (SSSR count). The van der Waals surface area contributed by atoms with Crippen molar-refractivity contribution in [3.05, 3.63) is 40.1 Å². The molecule has 0 unspecified atom stereocenters. The fourth-order valence-corrected chi connectivity index (χ4v) is 1.55. The Bertz CT molecular complexity index is 479. The number of imidazole rings is 1. The zero-order valence-electron chi connectivity index (χ0n) is 7.80. The van der Waals surface area contributed by atoms with Crippen molar-refractivity contribution in [2.75, 3.05) is 0 Å². The minimum absolute atomic E-state index is 0.439. The maximum atomic E-state index is 5.91. The molecule has 3 N–H and O–H groups in total. The lowest BCUT2D eigenvalue weighted by molar-refractivity contribution is 1.01. The maximum Gasteiger partial charge on any atom is 0.137 e. The molecule has 3 nitrogen and oxygen atoms in total. The Kier molecular flexibility index (Phi) is 2.95. The highest BCUT2D eigenvalue weighted by Gasteiger charge is 2.05. The molecule has 0 aliphatic carbocycles. The third kappa shape index (κ3) is 2.15. The SMILES string of the molecule is NCc1cnc(-c2ccc(Cl)c(Cl)c2)[nH]1. The van der Waals surface area contributed by atoms with Crippen molar-refractivity contribution >= 4 is 23.2 Å². The van der Waals surface area contributed by atoms with Gasteiger partial charge in [-0.25, -0.2) is 4.98 Å². The Balaban J connectivity index is 2.40. The van der Waals surface area contributed by atoms with Crippen molar-refractivity contribution in [2.45, 2.75) is 6.54 Å². The standard InChI is InChI=1S/C10H9Cl2N3/c11-8-2-1-6(3-9(8)12)10-14-5-7(4-13)15-10/h1-3,5H,4,13H2,(H,14,15). The van der Waals surface area contributed by atoms with E-state index in [-0.39, 0.29) is 0 Å². The van der Waals surface area contributed by atoms with Gasteiger partial charge in [-0.3, -0.25) is 0 Å². The van der Waals surface area contributed by atoms with Crippen molar-refractivity contribution in [1.29, 1.82) is 0 Å². The molecule has 0 bridgehead atoms. The molecule has 5 heteroatoms. The molecule has 0 amide bonds. The number of aromatic amines is 1. The van der Waals surface area contributed by atoms with Crippen LogP contribution in [0.5, 0.6) is 0 Å². The molecule has 0 aliphatic heterocycles. The number of aromatic nitrogens is 2. The highest BCUT2D eigenvalue weighted by Crippen LogP contribution is 2.26. The van der Waals surface area contributed by atoms with Crippen molar-refractivity contribution in [1.82, 2.24) is 9.97 Å². The molecule has 0 saturated carbocycles. The van der Waals surface area contributed by atoms with Gasteiger partial charge in [0.25, 0.3) is 0 Å². The van der Waals surface area contributed by atoms with Crippen LogP contribution in [0.2, 0.25) is 10.0 Å². The normalized spacial score (nSPS) is 10.6. The zero-order valence-corrected chi connectivity index (χ0v) is 9.31. The largest absolute Gasteiger partial charge is 0.341 e. The van der Waals surface area contributed by atoms with Crippen LogP contribution in [-0.4, -0.2) is 9.97 Å². The lowest BCUT2D eigenvalue weighted by Crippen LogP contribution is -1.95. The van der Waals surface area contributed by atoms with Gasteiger partial charge in [-0.2, -0.15) is 0 Å². The minimum Gasteiger partial charge on any atom is -0.341 e. The lowest BCUT2D eigenvalue weighted by Gasteiger charge is -1.99. The van der Waals surface area contributed by atoms with Crippen LogP contribution in [0.25, 0.3) is 11.4 Å². The predicted molar refractivity (Wildman–Crippen MR) is 61.9 cm³/mol. The van der Waals surface area contributed by atoms with E-state index in [9.17, 15) is 0 Å². The Morgan fingerprint density at radius 2 is 2.07 bits per heavy atom. The number of hydrogen-bond donors (Lipinski definition) is 2. The Morgan fingerprint density at radius 1 is 1.27 bits per heavy atom. The van der Waals surface area contributed by atoms with Gasteiger partial charge in [-0.15, -0.1) is 0 Å². The van der Waals surface area contributed by atoms with Crippen LogP contribution in [0.15, 0.2) is 24.4 Å². The summed E-state index contributed by atoms with van der Waals surface area (Å²) in [7, 11) is 0. The second kappa shape index (κ2) is 4.23. The quantitative estimate of drug-likeness (QED) is 0.850. The van der Waals surface area contributed by atoms with Gasteiger partial charge < -0.3 is 10.7 Å². The molecule has 78 valence electrons. The summed E-state index contributed by atoms with van der Waals surface area (Å²) in [4.78, 5) is 7.28. The molecular formula is C10H9Cl2N3. The van der Waals surface area contributed by atoms with Gasteiger partial charge in [0.2, 0.25) is 0 Å². The fourth-order valence-electron chi connectivity index (χ4n) is 1.25. The molecule has 0 spiro atoms. The van der Waals surface area contributed by atoms with Gasteiger partial charge >= 0.3 is 0 Å². The van der Waals surface area contributed by atoms with Gasteiger partial charge in [0.05, 0.1) is 10.0 Å². The van der Waals surface area contributed by atoms with Crippen molar-refractivity contribution < 1.29 is 0 Å². The lowest BCUT2D eigenvalue weighted by atomic mass is 10.2. The van der Waals surface area contributed by atoms with E-state index in [4.69, 9.17) is 28.9 Å². The molecule has 1 aromatic carbocycles. The van der Waals surface area contributed by atoms with Crippen LogP contribution in [-0.2, 0) is 6.54 Å². The number of nitrogens with two attached hydrogens (primary N) is 1. The van der Waals surface area contributed by atoms with E-state index in [1.54, 1.807) is 18.3 Å². The topological polar surface area (TPSA) is 54.7 Å². The van der Waals surface area contributed by atoms with Crippen molar-refractivity contribution in [2.24, 2.45) is 5.73 Å². The summed E-state index contributed by atoms with van der Waals surface area (Å²) in [6, 6.07) is 5.36. The minimum atomic E-state index is 0.439. The highest BCUT2D eigenvalue weighted by atomic mass is 35.5. The fraction of sp³-hybridized carbons (Fsp3) is 0.100. The zero-order chi connectivity index (χ0) is 10.8. The van der Waals surface area contributed by atoms with Gasteiger partial charge in [0.15, 0.2) is 0 Å². The molecule has 0 aliphatic rings. The Hall–Kier alpha value is -1.03. The van der Waals surface area contributed by atoms with Crippen LogP contribution in [0.3, 0.4) is 0 Å². The number of hydrogen-bond acceptors (Lipinski definition) is 2. The Labute approximate surface area is 97.2 Å². The first-order valence-electron chi connectivity index (χ1n) is 4.40. The van der Waals surface area contributed by atoms with Crippen LogP contribution in [0, 0.1) is 0 Å². The number of halogens is 2. The summed E-state index contributed by atoms with van der Waals surface area (Å²) in [5.74, 6) is 0.744. The van der Waals surface area contributed by atoms with Crippen molar-refractivity contribution in [3.63, 3.8) is 0 Å². The average molecular weight is 242 g/mol. The van der Waals surface area contributed by atoms with Gasteiger partial charge in [0.1, 0.15) is 5.82 Å². The van der Waals surface area contributed by atoms with E-state index in [1.807, 2.05) is 6.07 Å². The Morgan fingerprint density at radius 3 is 2.67 bits per heavy atom. The van der Waals surface area contributed by atoms with Crippen molar-refractivity contribution in [3.8, 4) is 11.4 Å². The third-order valence-electron chi connectivity index (χ3n) is 2.04. The molecule has 2 aromatic rings. The van der Waals surface area contributed by atoms with Crippen LogP contribution >= 0.6 is 23.2 Å². The van der Waals surface area contributed by atoms with E-state index in [1.165, 1.54) is 0 Å². The van der Waals surface area contributed by atoms with Crippen LogP contribution < -0.4 is 5.73 Å². The highest BCUT2D eigenvalue weighted by molar-refractivity contribution is 6.42. The predicted octanol–water partition coefficient (Wildman–Crippen LogP) is 2.84. The van der Waals surface area contributed by atoms with E-state index in [0.717, 1.165) is 17.1 Å². The van der Waals surface area contributed by atoms with Gasteiger partial charge in [-0.05, 0) is 18.2 Å². The number of rotatable bonds is 2. The first kappa shape index (κ1) is 10.5. The third-order valence-corrected chi connectivity index (χ3v) is 2.78. The first-order valence-corrected chi connectivity index (χ1v) is 5.15. The van der Waals surface area contributed by atoms with E-state index < -0.39 is 0 Å². The summed E-state index contributed by atoms with van der Waals surface area (Å²) >= 11 is 11.7. The molecule has 15 heavy (non-hydrogen) atoms. The summed E-state index contributed by atoms with van der Waals surface area (Å²) < 4.78 is 0. The van der Waals surface area contributed by atoms with Gasteiger partial charge in [0, 0.05) is 24.0 Å². The average Bonchev–Trinajstić information content (AvgIpc) is 2.70. The molecular weight excluding hydrogens is 233 g/mol. The number of benzene rings is 1. The second-order valence-corrected chi connectivity index (χ2v) is 3.90. The number of nitrogens with zero attached hydrogens (tertiary/aromatic N) is 1. The number of nitrogens with one attached hydrogen (secondary N) is 1. The molecule has 1 aromatic heterocycles. The first-order chi connectivity index (χ1) is 7.20. The summed E-state index contributed by atoms with van der Waals surface area (Å²) in [5, 5.41) is 1.05. The van der Waals surface area contributed by atoms with Gasteiger partial charge in [-0.1, -0.05) is 23.2 Å². The summed E-state index contributed by atoms with van der Waals surface area (Å²) in [5.41, 5.74) is 7.25. The van der Waals surface area contributed by atoms with E-state index in [0.29, 0.717) is 16.6 Å².